The van der Waals surface area contributed by atoms with Crippen molar-refractivity contribution in [3.63, 3.8) is 0 Å². The van der Waals surface area contributed by atoms with Gasteiger partial charge in [0.2, 0.25) is 0 Å². The summed E-state index contributed by atoms with van der Waals surface area (Å²) in [5.41, 5.74) is 3.77. The Morgan fingerprint density at radius 1 is 1.20 bits per heavy atom. The van der Waals surface area contributed by atoms with Crippen LogP contribution in [0.3, 0.4) is 0 Å². The highest BCUT2D eigenvalue weighted by Gasteiger charge is 2.12. The summed E-state index contributed by atoms with van der Waals surface area (Å²) in [5, 5.41) is 0. The molecule has 0 aliphatic heterocycles. The highest BCUT2D eigenvalue weighted by Crippen LogP contribution is 2.25. The maximum absolute atomic E-state index is 11.7. The normalized spacial score (nSPS) is 12.2. The molecule has 0 radical (unpaired) electrons. The minimum atomic E-state index is 0.389. The van der Waals surface area contributed by atoms with Gasteiger partial charge in [-0.2, -0.15) is 0 Å². The minimum absolute atomic E-state index is 0.389. The lowest BCUT2D eigenvalue weighted by Gasteiger charge is -2.16. The highest BCUT2D eigenvalue weighted by atomic mass is 16.5. The van der Waals surface area contributed by atoms with Crippen LogP contribution in [0.2, 0.25) is 0 Å². The fraction of sp³-hybridized carbons (Fsp3) is 0.611. The van der Waals surface area contributed by atoms with E-state index in [9.17, 15) is 4.79 Å². The molecule has 0 N–H and O–H groups in total. The van der Waals surface area contributed by atoms with Crippen molar-refractivity contribution in [1.29, 1.82) is 0 Å². The molecule has 2 heteroatoms. The third kappa shape index (κ3) is 4.99. The molecule has 0 aliphatic carbocycles. The molecule has 0 aliphatic rings. The molecule has 0 spiro atoms. The lowest BCUT2D eigenvalue weighted by atomic mass is 9.91. The van der Waals surface area contributed by atoms with Gasteiger partial charge in [0.1, 0.15) is 11.5 Å². The van der Waals surface area contributed by atoms with Gasteiger partial charge in [-0.25, -0.2) is 0 Å². The van der Waals surface area contributed by atoms with E-state index in [1.165, 1.54) is 16.7 Å². The molecule has 0 aromatic heterocycles. The predicted octanol–water partition coefficient (Wildman–Crippen LogP) is 4.64. The quantitative estimate of drug-likeness (QED) is 0.691. The number of benzene rings is 1. The maximum atomic E-state index is 11.7. The molecule has 1 aromatic carbocycles. The smallest absolute Gasteiger partial charge is 0.133 e. The van der Waals surface area contributed by atoms with Crippen molar-refractivity contribution in [1.82, 2.24) is 0 Å². The standard InChI is InChI=1S/C18H28O2/c1-6-8-17(19)10-13(3)9-16-11-15(5)18(20-7-2)12-14(16)4/h11-13H,6-10H2,1-5H3. The van der Waals surface area contributed by atoms with Crippen LogP contribution >= 0.6 is 0 Å². The number of Topliss-reactive ketones (excluding diaryl/α,β-unsaturated/α-hetero) is 1. The van der Waals surface area contributed by atoms with Gasteiger partial charge < -0.3 is 4.74 Å². The molecule has 2 nitrogen and oxygen atoms in total. The number of ketones is 1. The second-order valence-electron chi connectivity index (χ2n) is 5.78. The molecule has 1 unspecified atom stereocenters. The van der Waals surface area contributed by atoms with Crippen molar-refractivity contribution in [3.8, 4) is 5.75 Å². The lowest BCUT2D eigenvalue weighted by molar-refractivity contribution is -0.119. The van der Waals surface area contributed by atoms with Crippen LogP contribution in [0.15, 0.2) is 12.1 Å². The first-order chi connectivity index (χ1) is 9.47. The number of rotatable bonds is 8. The van der Waals surface area contributed by atoms with Gasteiger partial charge in [-0.15, -0.1) is 0 Å². The van der Waals surface area contributed by atoms with E-state index in [0.717, 1.165) is 18.6 Å². The van der Waals surface area contributed by atoms with Crippen molar-refractivity contribution < 1.29 is 9.53 Å². The molecule has 0 saturated carbocycles. The van der Waals surface area contributed by atoms with Gasteiger partial charge in [0.25, 0.3) is 0 Å². The van der Waals surface area contributed by atoms with Crippen LogP contribution in [0.5, 0.6) is 5.75 Å². The molecule has 0 fully saturated rings. The third-order valence-corrected chi connectivity index (χ3v) is 3.61. The summed E-state index contributed by atoms with van der Waals surface area (Å²) in [6, 6.07) is 4.33. The summed E-state index contributed by atoms with van der Waals surface area (Å²) in [5.74, 6) is 1.77. The molecular formula is C18H28O2. The summed E-state index contributed by atoms with van der Waals surface area (Å²) >= 11 is 0. The van der Waals surface area contributed by atoms with Gasteiger partial charge in [0.15, 0.2) is 0 Å². The van der Waals surface area contributed by atoms with E-state index >= 15 is 0 Å². The Bertz CT molecular complexity index is 449. The third-order valence-electron chi connectivity index (χ3n) is 3.61. The van der Waals surface area contributed by atoms with E-state index < -0.39 is 0 Å². The monoisotopic (exact) mass is 276 g/mol. The van der Waals surface area contributed by atoms with Crippen LogP contribution in [0, 0.1) is 19.8 Å². The Morgan fingerprint density at radius 3 is 2.50 bits per heavy atom. The molecular weight excluding hydrogens is 248 g/mol. The average Bonchev–Trinajstić information content (AvgIpc) is 2.35. The van der Waals surface area contributed by atoms with Crippen molar-refractivity contribution in [2.45, 2.75) is 60.3 Å². The first-order valence-electron chi connectivity index (χ1n) is 7.72. The SMILES string of the molecule is CCCC(=O)CC(C)Cc1cc(C)c(OCC)cc1C. The predicted molar refractivity (Wildman–Crippen MR) is 84.5 cm³/mol. The van der Waals surface area contributed by atoms with Crippen molar-refractivity contribution in [2.75, 3.05) is 6.61 Å². The van der Waals surface area contributed by atoms with Crippen LogP contribution in [-0.2, 0) is 11.2 Å². The zero-order chi connectivity index (χ0) is 15.1. The zero-order valence-corrected chi connectivity index (χ0v) is 13.6. The molecule has 1 atom stereocenters. The number of ether oxygens (including phenoxy) is 1. The highest BCUT2D eigenvalue weighted by molar-refractivity contribution is 5.78. The van der Waals surface area contributed by atoms with Crippen LogP contribution < -0.4 is 4.74 Å². The summed E-state index contributed by atoms with van der Waals surface area (Å²) in [6.07, 6.45) is 3.33. The van der Waals surface area contributed by atoms with E-state index in [1.807, 2.05) is 6.92 Å². The first kappa shape index (κ1) is 16.7. The van der Waals surface area contributed by atoms with Crippen LogP contribution in [0.1, 0.15) is 56.7 Å². The second-order valence-corrected chi connectivity index (χ2v) is 5.78. The van der Waals surface area contributed by atoms with E-state index in [2.05, 4.69) is 39.8 Å². The van der Waals surface area contributed by atoms with E-state index in [0.29, 0.717) is 31.1 Å². The molecule has 112 valence electrons. The van der Waals surface area contributed by atoms with Gasteiger partial charge in [-0.05, 0) is 62.3 Å². The van der Waals surface area contributed by atoms with Crippen molar-refractivity contribution in [2.24, 2.45) is 5.92 Å². The van der Waals surface area contributed by atoms with Gasteiger partial charge >= 0.3 is 0 Å². The Balaban J connectivity index is 2.72. The van der Waals surface area contributed by atoms with Gasteiger partial charge in [0.05, 0.1) is 6.61 Å². The summed E-state index contributed by atoms with van der Waals surface area (Å²) in [7, 11) is 0. The number of carbonyl (C=O) groups excluding carboxylic acids is 1. The van der Waals surface area contributed by atoms with Crippen LogP contribution in [0.25, 0.3) is 0 Å². The van der Waals surface area contributed by atoms with Gasteiger partial charge in [-0.3, -0.25) is 4.79 Å². The van der Waals surface area contributed by atoms with Gasteiger partial charge in [-0.1, -0.05) is 19.9 Å². The number of carbonyl (C=O) groups is 1. The summed E-state index contributed by atoms with van der Waals surface area (Å²) in [4.78, 5) is 11.7. The number of hydrogen-bond acceptors (Lipinski definition) is 2. The molecule has 20 heavy (non-hydrogen) atoms. The summed E-state index contributed by atoms with van der Waals surface area (Å²) < 4.78 is 5.62. The largest absolute Gasteiger partial charge is 0.494 e. The van der Waals surface area contributed by atoms with E-state index in [4.69, 9.17) is 4.74 Å². The Kier molecular flexibility index (Phi) is 6.77. The topological polar surface area (TPSA) is 26.3 Å². The number of aryl methyl sites for hydroxylation is 2. The average molecular weight is 276 g/mol. The fourth-order valence-electron chi connectivity index (χ4n) is 2.60. The molecule has 0 saturated heterocycles. The number of hydrogen-bond donors (Lipinski definition) is 0. The molecule has 0 bridgehead atoms. The van der Waals surface area contributed by atoms with E-state index in [1.54, 1.807) is 0 Å². The maximum Gasteiger partial charge on any atom is 0.133 e. The second kappa shape index (κ2) is 8.08. The molecule has 0 heterocycles. The van der Waals surface area contributed by atoms with Crippen molar-refractivity contribution >= 4 is 5.78 Å². The van der Waals surface area contributed by atoms with Gasteiger partial charge in [0, 0.05) is 12.8 Å². The molecule has 1 rings (SSSR count). The zero-order valence-electron chi connectivity index (χ0n) is 13.6. The van der Waals surface area contributed by atoms with Crippen LogP contribution in [0.4, 0.5) is 0 Å². The first-order valence-corrected chi connectivity index (χ1v) is 7.72. The fourth-order valence-corrected chi connectivity index (χ4v) is 2.60. The lowest BCUT2D eigenvalue weighted by Crippen LogP contribution is -2.09. The van der Waals surface area contributed by atoms with Crippen LogP contribution in [-0.4, -0.2) is 12.4 Å². The molecule has 1 aromatic rings. The summed E-state index contributed by atoms with van der Waals surface area (Å²) in [6.45, 7) is 11.1. The Labute approximate surface area is 123 Å². The van der Waals surface area contributed by atoms with Crippen molar-refractivity contribution in [3.05, 3.63) is 28.8 Å². The Hall–Kier alpha value is -1.31. The van der Waals surface area contributed by atoms with E-state index in [-0.39, 0.29) is 0 Å². The molecule has 0 amide bonds. The Morgan fingerprint density at radius 2 is 1.90 bits per heavy atom. The minimum Gasteiger partial charge on any atom is -0.494 e.